The molecule has 0 aliphatic rings. The molecular weight excluding hydrogens is 422 g/mol. The largest absolute Gasteiger partial charge is 0.469 e. The summed E-state index contributed by atoms with van der Waals surface area (Å²) < 4.78 is 5.91. The van der Waals surface area contributed by atoms with Gasteiger partial charge >= 0.3 is 11.9 Å². The zero-order valence-electron chi connectivity index (χ0n) is 19.2. The molecule has 0 unspecified atom stereocenters. The molecule has 0 fully saturated rings. The summed E-state index contributed by atoms with van der Waals surface area (Å²) in [6.45, 7) is 8.46. The monoisotopic (exact) mass is 455 g/mol. The number of hydrogen-bond acceptors (Lipinski definition) is 11. The van der Waals surface area contributed by atoms with Gasteiger partial charge in [0.15, 0.2) is 0 Å². The van der Waals surface area contributed by atoms with Crippen molar-refractivity contribution in [2.75, 3.05) is 20.2 Å². The Kier molecular flexibility index (Phi) is 10.2. The zero-order chi connectivity index (χ0) is 24.4. The Morgan fingerprint density at radius 2 is 1.72 bits per heavy atom. The summed E-state index contributed by atoms with van der Waals surface area (Å²) in [5.74, 6) is -0.710. The molecule has 4 N–H and O–H groups in total. The van der Waals surface area contributed by atoms with Gasteiger partial charge in [-0.05, 0) is 52.1 Å². The Morgan fingerprint density at radius 3 is 2.22 bits per heavy atom. The Labute approximate surface area is 186 Å². The van der Waals surface area contributed by atoms with E-state index in [0.717, 1.165) is 0 Å². The molecule has 0 aliphatic carbocycles. The molecule has 1 rings (SSSR count). The van der Waals surface area contributed by atoms with Crippen molar-refractivity contribution in [2.45, 2.75) is 64.6 Å². The Hall–Kier alpha value is -3.06. The van der Waals surface area contributed by atoms with E-state index in [2.05, 4.69) is 30.7 Å². The van der Waals surface area contributed by atoms with Crippen LogP contribution in [0.15, 0.2) is 22.7 Å². The minimum absolute atomic E-state index is 0.00854. The number of hydrogen-bond donors (Lipinski definition) is 4. The lowest BCUT2D eigenvalue weighted by Gasteiger charge is -2.29. The molecule has 0 radical (unpaired) electrons. The molecule has 0 aromatic carbocycles. The molecule has 0 saturated heterocycles. The zero-order valence-corrected chi connectivity index (χ0v) is 19.2. The molecule has 0 spiro atoms. The number of rotatable bonds is 14. The first kappa shape index (κ1) is 27.0. The van der Waals surface area contributed by atoms with E-state index >= 15 is 0 Å². The summed E-state index contributed by atoms with van der Waals surface area (Å²) in [5.41, 5.74) is -0.617. The molecule has 32 heavy (non-hydrogen) atoms. The molecule has 0 aliphatic heterocycles. The summed E-state index contributed by atoms with van der Waals surface area (Å²) in [6, 6.07) is 0. The SMILES string of the molecule is COC(=O)CCC(=NO)C(C)(C)NCCCNC(C)(C)C(Cn1ccnc1[N+](=O)[O-])=NO. The highest BCUT2D eigenvalue weighted by Crippen LogP contribution is 2.14. The van der Waals surface area contributed by atoms with E-state index in [1.54, 1.807) is 0 Å². The summed E-state index contributed by atoms with van der Waals surface area (Å²) in [7, 11) is 1.31. The van der Waals surface area contributed by atoms with Gasteiger partial charge in [0.1, 0.15) is 24.7 Å². The molecule has 1 aromatic rings. The second-order valence-electron chi connectivity index (χ2n) is 8.24. The van der Waals surface area contributed by atoms with Gasteiger partial charge < -0.3 is 35.9 Å². The van der Waals surface area contributed by atoms with E-state index in [1.165, 1.54) is 24.1 Å². The third-order valence-electron chi connectivity index (χ3n) is 5.14. The van der Waals surface area contributed by atoms with Gasteiger partial charge in [-0.3, -0.25) is 4.79 Å². The number of imidazole rings is 1. The van der Waals surface area contributed by atoms with Crippen LogP contribution in [0.1, 0.15) is 47.0 Å². The average Bonchev–Trinajstić information content (AvgIpc) is 3.20. The van der Waals surface area contributed by atoms with Crippen molar-refractivity contribution >= 4 is 23.3 Å². The molecule has 0 atom stereocenters. The van der Waals surface area contributed by atoms with Crippen molar-refractivity contribution < 1.29 is 24.9 Å². The Bertz CT molecular complexity index is 832. The lowest BCUT2D eigenvalue weighted by Crippen LogP contribution is -2.50. The third kappa shape index (κ3) is 7.89. The van der Waals surface area contributed by atoms with Gasteiger partial charge in [-0.1, -0.05) is 15.3 Å². The van der Waals surface area contributed by atoms with Crippen LogP contribution in [0.4, 0.5) is 5.95 Å². The van der Waals surface area contributed by atoms with Crippen LogP contribution in [-0.2, 0) is 16.1 Å². The summed E-state index contributed by atoms with van der Waals surface area (Å²) in [6.07, 6.45) is 3.84. The van der Waals surface area contributed by atoms with Gasteiger partial charge in [-0.25, -0.2) is 4.57 Å². The van der Waals surface area contributed by atoms with Gasteiger partial charge in [-0.15, -0.1) is 0 Å². The standard InChI is InChI=1S/C19H33N7O6/c1-18(2,14(23-28)7-8-16(27)32-5)21-9-6-10-22-19(3,4)15(24-29)13-25-12-11-20-17(25)26(30)31/h11-12,21-22,28-29H,6-10,13H2,1-5H3. The smallest absolute Gasteiger partial charge is 0.434 e. The maximum atomic E-state index is 11.3. The fourth-order valence-electron chi connectivity index (χ4n) is 3.02. The van der Waals surface area contributed by atoms with Crippen molar-refractivity contribution in [3.05, 3.63) is 22.5 Å². The van der Waals surface area contributed by atoms with E-state index in [0.29, 0.717) is 30.9 Å². The van der Waals surface area contributed by atoms with Gasteiger partial charge in [0.2, 0.25) is 0 Å². The topological polar surface area (TPSA) is 176 Å². The van der Waals surface area contributed by atoms with Crippen molar-refractivity contribution in [1.82, 2.24) is 20.2 Å². The van der Waals surface area contributed by atoms with Crippen LogP contribution < -0.4 is 10.6 Å². The molecular formula is C19H33N7O6. The highest BCUT2D eigenvalue weighted by molar-refractivity contribution is 5.94. The number of oxime groups is 2. The number of ether oxygens (including phenoxy) is 1. The van der Waals surface area contributed by atoms with Crippen molar-refractivity contribution in [2.24, 2.45) is 10.3 Å². The van der Waals surface area contributed by atoms with E-state index in [4.69, 9.17) is 0 Å². The van der Waals surface area contributed by atoms with Crippen LogP contribution in [0.3, 0.4) is 0 Å². The van der Waals surface area contributed by atoms with E-state index in [1.807, 2.05) is 27.7 Å². The minimum Gasteiger partial charge on any atom is -0.469 e. The highest BCUT2D eigenvalue weighted by atomic mass is 16.6. The quantitative estimate of drug-likeness (QED) is 0.0809. The van der Waals surface area contributed by atoms with Crippen LogP contribution in [0.2, 0.25) is 0 Å². The van der Waals surface area contributed by atoms with Gasteiger partial charge in [0.25, 0.3) is 0 Å². The number of carbonyl (C=O) groups excluding carboxylic acids is 1. The van der Waals surface area contributed by atoms with E-state index < -0.39 is 16.0 Å². The lowest BCUT2D eigenvalue weighted by molar-refractivity contribution is -0.396. The molecule has 180 valence electrons. The maximum absolute atomic E-state index is 11.3. The summed E-state index contributed by atoms with van der Waals surface area (Å²) >= 11 is 0. The number of nitrogens with one attached hydrogen (secondary N) is 2. The van der Waals surface area contributed by atoms with Crippen molar-refractivity contribution in [1.29, 1.82) is 0 Å². The van der Waals surface area contributed by atoms with Crippen LogP contribution in [0.25, 0.3) is 0 Å². The predicted molar refractivity (Wildman–Crippen MR) is 117 cm³/mol. The molecule has 0 amide bonds. The first-order valence-corrected chi connectivity index (χ1v) is 10.1. The van der Waals surface area contributed by atoms with Crippen molar-refractivity contribution in [3.63, 3.8) is 0 Å². The number of methoxy groups -OCH3 is 1. The number of carbonyl (C=O) groups is 1. The Morgan fingerprint density at radius 1 is 1.16 bits per heavy atom. The lowest BCUT2D eigenvalue weighted by atomic mass is 9.94. The second kappa shape index (κ2) is 12.1. The number of aromatic nitrogens is 2. The van der Waals surface area contributed by atoms with E-state index in [9.17, 15) is 25.3 Å². The first-order chi connectivity index (χ1) is 15.0. The maximum Gasteiger partial charge on any atom is 0.434 e. The van der Waals surface area contributed by atoms with Gasteiger partial charge in [0.05, 0.1) is 30.3 Å². The third-order valence-corrected chi connectivity index (χ3v) is 5.14. The highest BCUT2D eigenvalue weighted by Gasteiger charge is 2.29. The molecule has 13 nitrogen and oxygen atoms in total. The number of nitro groups is 1. The summed E-state index contributed by atoms with van der Waals surface area (Å²) in [5, 5.41) is 43.0. The molecule has 1 aromatic heterocycles. The second-order valence-corrected chi connectivity index (χ2v) is 8.24. The molecule has 1 heterocycles. The molecule has 0 saturated carbocycles. The number of nitrogens with zero attached hydrogens (tertiary/aromatic N) is 5. The van der Waals surface area contributed by atoms with Crippen LogP contribution in [0, 0.1) is 10.1 Å². The van der Waals surface area contributed by atoms with Crippen LogP contribution in [-0.4, -0.2) is 73.6 Å². The van der Waals surface area contributed by atoms with Crippen molar-refractivity contribution in [3.8, 4) is 0 Å². The van der Waals surface area contributed by atoms with Crippen LogP contribution in [0.5, 0.6) is 0 Å². The minimum atomic E-state index is -0.735. The van der Waals surface area contributed by atoms with E-state index in [-0.39, 0.29) is 31.3 Å². The Balaban J connectivity index is 2.56. The fraction of sp³-hybridized carbons (Fsp3) is 0.684. The molecule has 13 heteroatoms. The first-order valence-electron chi connectivity index (χ1n) is 10.1. The number of esters is 1. The normalized spacial score (nSPS) is 13.3. The predicted octanol–water partition coefficient (Wildman–Crippen LogP) is 1.53. The van der Waals surface area contributed by atoms with Crippen LogP contribution >= 0.6 is 0 Å². The average molecular weight is 456 g/mol. The van der Waals surface area contributed by atoms with Gasteiger partial charge in [-0.2, -0.15) is 0 Å². The fourth-order valence-corrected chi connectivity index (χ4v) is 3.02. The molecule has 0 bridgehead atoms. The van der Waals surface area contributed by atoms with Gasteiger partial charge in [0, 0.05) is 6.42 Å². The summed E-state index contributed by atoms with van der Waals surface area (Å²) in [4.78, 5) is 25.5.